The monoisotopic (exact) mass is 493 g/mol. The number of piperidine rings is 1. The van der Waals surface area contributed by atoms with Gasteiger partial charge in [0.25, 0.3) is 0 Å². The average molecular weight is 494 g/mol. The Bertz CT molecular complexity index is 754. The van der Waals surface area contributed by atoms with Crippen LogP contribution in [0.1, 0.15) is 88.5 Å². The van der Waals surface area contributed by atoms with Crippen molar-refractivity contribution in [1.29, 1.82) is 0 Å². The molecular formula is C28H51N3O4. The maximum Gasteiger partial charge on any atom is 0.333 e. The van der Waals surface area contributed by atoms with Gasteiger partial charge in [0.05, 0.1) is 18.7 Å². The number of likely N-dealkylation sites (tertiary alicyclic amines) is 1. The van der Waals surface area contributed by atoms with Crippen LogP contribution in [0.4, 0.5) is 0 Å². The second kappa shape index (κ2) is 13.4. The molecule has 1 saturated heterocycles. The van der Waals surface area contributed by atoms with Gasteiger partial charge < -0.3 is 15.0 Å². The quantitative estimate of drug-likeness (QED) is 0.360. The van der Waals surface area contributed by atoms with E-state index in [2.05, 4.69) is 31.0 Å². The minimum atomic E-state index is -0.685. The SMILES string of the molecule is CCOC(=O)/C(C)=C/[C@H](C(C)C)N(C)C(=O)C(NC(=O)C1CCCCN1C(C)C(C)C)C(C)(C)C. The third kappa shape index (κ3) is 8.62. The van der Waals surface area contributed by atoms with E-state index in [1.807, 2.05) is 34.6 Å². The summed E-state index contributed by atoms with van der Waals surface area (Å²) in [7, 11) is 1.75. The van der Waals surface area contributed by atoms with Crippen LogP contribution in [0.25, 0.3) is 0 Å². The van der Waals surface area contributed by atoms with Gasteiger partial charge in [0, 0.05) is 18.7 Å². The molecule has 2 amide bonds. The van der Waals surface area contributed by atoms with E-state index in [1.54, 1.807) is 31.9 Å². The molecule has 3 unspecified atom stereocenters. The van der Waals surface area contributed by atoms with Gasteiger partial charge >= 0.3 is 5.97 Å². The lowest BCUT2D eigenvalue weighted by Gasteiger charge is -2.42. The predicted molar refractivity (Wildman–Crippen MR) is 142 cm³/mol. The molecule has 1 N–H and O–H groups in total. The lowest BCUT2D eigenvalue weighted by molar-refractivity contribution is -0.142. The molecule has 0 aromatic heterocycles. The number of amides is 2. The first-order valence-corrected chi connectivity index (χ1v) is 13.3. The Kier molecular flexibility index (Phi) is 11.9. The molecule has 4 atom stereocenters. The summed E-state index contributed by atoms with van der Waals surface area (Å²) in [4.78, 5) is 43.5. The van der Waals surface area contributed by atoms with E-state index in [1.165, 1.54) is 0 Å². The van der Waals surface area contributed by atoms with Gasteiger partial charge in [-0.15, -0.1) is 0 Å². The zero-order chi connectivity index (χ0) is 27.1. The molecule has 0 aromatic carbocycles. The third-order valence-electron chi connectivity index (χ3n) is 7.23. The summed E-state index contributed by atoms with van der Waals surface area (Å²) >= 11 is 0. The zero-order valence-electron chi connectivity index (χ0n) is 24.1. The van der Waals surface area contributed by atoms with Gasteiger partial charge in [0.2, 0.25) is 11.8 Å². The highest BCUT2D eigenvalue weighted by Crippen LogP contribution is 2.27. The molecule has 7 nitrogen and oxygen atoms in total. The van der Waals surface area contributed by atoms with E-state index >= 15 is 0 Å². The van der Waals surface area contributed by atoms with E-state index in [0.29, 0.717) is 24.1 Å². The molecular weight excluding hydrogens is 442 g/mol. The van der Waals surface area contributed by atoms with Crippen molar-refractivity contribution < 1.29 is 19.1 Å². The average Bonchev–Trinajstić information content (AvgIpc) is 2.78. The van der Waals surface area contributed by atoms with Gasteiger partial charge in [0.15, 0.2) is 0 Å². The number of carbonyl (C=O) groups is 3. The fourth-order valence-electron chi connectivity index (χ4n) is 4.66. The first kappa shape index (κ1) is 31.1. The fraction of sp³-hybridized carbons (Fsp3) is 0.821. The number of hydrogen-bond donors (Lipinski definition) is 1. The number of ether oxygens (including phenoxy) is 1. The first-order valence-electron chi connectivity index (χ1n) is 13.3. The van der Waals surface area contributed by atoms with Gasteiger partial charge in [0.1, 0.15) is 6.04 Å². The minimum Gasteiger partial charge on any atom is -0.463 e. The Labute approximate surface area is 214 Å². The van der Waals surface area contributed by atoms with Crippen LogP contribution < -0.4 is 5.32 Å². The van der Waals surface area contributed by atoms with Crippen LogP contribution in [0, 0.1) is 17.3 Å². The van der Waals surface area contributed by atoms with Crippen LogP contribution >= 0.6 is 0 Å². The highest BCUT2D eigenvalue weighted by atomic mass is 16.5. The number of carbonyl (C=O) groups excluding carboxylic acids is 3. The molecule has 0 aromatic rings. The maximum absolute atomic E-state index is 13.8. The summed E-state index contributed by atoms with van der Waals surface area (Å²) in [6.45, 7) is 21.2. The summed E-state index contributed by atoms with van der Waals surface area (Å²) in [6.07, 6.45) is 4.71. The van der Waals surface area contributed by atoms with E-state index in [0.717, 1.165) is 25.8 Å². The third-order valence-corrected chi connectivity index (χ3v) is 7.23. The topological polar surface area (TPSA) is 79.0 Å². The van der Waals surface area contributed by atoms with E-state index in [4.69, 9.17) is 4.74 Å². The van der Waals surface area contributed by atoms with Crippen molar-refractivity contribution >= 4 is 17.8 Å². The lowest BCUT2D eigenvalue weighted by Crippen LogP contribution is -2.61. The molecule has 1 aliphatic heterocycles. The summed E-state index contributed by atoms with van der Waals surface area (Å²) in [5.74, 6) is -0.0903. The Morgan fingerprint density at radius 1 is 1.09 bits per heavy atom. The number of hydrogen-bond acceptors (Lipinski definition) is 5. The number of rotatable bonds is 10. The molecule has 0 bridgehead atoms. The zero-order valence-corrected chi connectivity index (χ0v) is 24.1. The van der Waals surface area contributed by atoms with Crippen molar-refractivity contribution in [2.45, 2.75) is 113 Å². The minimum absolute atomic E-state index is 0.0711. The molecule has 202 valence electrons. The van der Waals surface area contributed by atoms with Crippen molar-refractivity contribution in [3.63, 3.8) is 0 Å². The number of esters is 1. The summed E-state index contributed by atoms with van der Waals surface area (Å²) in [5.41, 5.74) is -0.00643. The molecule has 0 saturated carbocycles. The van der Waals surface area contributed by atoms with Crippen LogP contribution in [0.3, 0.4) is 0 Å². The molecule has 0 aliphatic carbocycles. The van der Waals surface area contributed by atoms with Crippen LogP contribution in [0.15, 0.2) is 11.6 Å². The molecule has 0 spiro atoms. The largest absolute Gasteiger partial charge is 0.463 e. The normalized spacial score (nSPS) is 20.4. The highest BCUT2D eigenvalue weighted by molar-refractivity contribution is 5.91. The second-order valence-electron chi connectivity index (χ2n) is 11.8. The Morgan fingerprint density at radius 2 is 1.69 bits per heavy atom. The van der Waals surface area contributed by atoms with Crippen LogP contribution in [-0.2, 0) is 19.1 Å². The summed E-state index contributed by atoms with van der Waals surface area (Å²) < 4.78 is 5.12. The number of nitrogens with one attached hydrogen (secondary N) is 1. The summed E-state index contributed by atoms with van der Waals surface area (Å²) in [5, 5.41) is 3.14. The smallest absolute Gasteiger partial charge is 0.333 e. The molecule has 1 heterocycles. The van der Waals surface area contributed by atoms with E-state index in [-0.39, 0.29) is 35.8 Å². The van der Waals surface area contributed by atoms with Crippen molar-refractivity contribution in [3.8, 4) is 0 Å². The van der Waals surface area contributed by atoms with Crippen molar-refractivity contribution in [1.82, 2.24) is 15.1 Å². The van der Waals surface area contributed by atoms with Crippen LogP contribution in [-0.4, -0.2) is 72.0 Å². The summed E-state index contributed by atoms with van der Waals surface area (Å²) in [6, 6.07) is -0.925. The molecule has 0 radical (unpaired) electrons. The van der Waals surface area contributed by atoms with Gasteiger partial charge in [-0.2, -0.15) is 0 Å². The molecule has 35 heavy (non-hydrogen) atoms. The van der Waals surface area contributed by atoms with Crippen molar-refractivity contribution in [2.24, 2.45) is 17.3 Å². The van der Waals surface area contributed by atoms with Crippen molar-refractivity contribution in [3.05, 3.63) is 11.6 Å². The fourth-order valence-corrected chi connectivity index (χ4v) is 4.66. The van der Waals surface area contributed by atoms with Gasteiger partial charge in [-0.05, 0) is 57.4 Å². The van der Waals surface area contributed by atoms with Crippen LogP contribution in [0.2, 0.25) is 0 Å². The standard InChI is InChI=1S/C28H51N3O4/c1-12-35-27(34)20(6)17-23(19(4)5)30(11)26(33)24(28(8,9)10)29-25(32)22-15-13-14-16-31(22)21(7)18(2)3/h17-19,21-24H,12-16H2,1-11H3,(H,29,32)/b20-17+/t21?,22?,23-,24?/m1/s1. The predicted octanol–water partition coefficient (Wildman–Crippen LogP) is 4.41. The highest BCUT2D eigenvalue weighted by Gasteiger charge is 2.40. The Balaban J connectivity index is 3.19. The molecule has 1 rings (SSSR count). The Hall–Kier alpha value is -1.89. The number of likely N-dealkylation sites (N-methyl/N-ethyl adjacent to an activating group) is 1. The van der Waals surface area contributed by atoms with Gasteiger partial charge in [-0.3, -0.25) is 14.5 Å². The Morgan fingerprint density at radius 3 is 2.17 bits per heavy atom. The van der Waals surface area contributed by atoms with Crippen molar-refractivity contribution in [2.75, 3.05) is 20.2 Å². The number of nitrogens with zero attached hydrogens (tertiary/aromatic N) is 2. The van der Waals surface area contributed by atoms with Crippen LogP contribution in [0.5, 0.6) is 0 Å². The second-order valence-corrected chi connectivity index (χ2v) is 11.8. The molecule has 7 heteroatoms. The van der Waals surface area contributed by atoms with E-state index < -0.39 is 11.5 Å². The lowest BCUT2D eigenvalue weighted by atomic mass is 9.84. The maximum atomic E-state index is 13.8. The first-order chi connectivity index (χ1) is 16.1. The van der Waals surface area contributed by atoms with Gasteiger partial charge in [-0.25, -0.2) is 4.79 Å². The molecule has 1 aliphatic rings. The van der Waals surface area contributed by atoms with Gasteiger partial charge in [-0.1, -0.05) is 61.0 Å². The van der Waals surface area contributed by atoms with E-state index in [9.17, 15) is 14.4 Å². The molecule has 1 fully saturated rings.